The molecule has 1 heterocycles. The molecule has 4 nitrogen and oxygen atoms in total. The van der Waals surface area contributed by atoms with Gasteiger partial charge < -0.3 is 10.2 Å². The van der Waals surface area contributed by atoms with E-state index in [-0.39, 0.29) is 0 Å². The minimum absolute atomic E-state index is 0.811. The van der Waals surface area contributed by atoms with Gasteiger partial charge in [-0.2, -0.15) is 4.98 Å². The summed E-state index contributed by atoms with van der Waals surface area (Å²) in [5.74, 6) is 1.70. The van der Waals surface area contributed by atoms with Gasteiger partial charge in [0.25, 0.3) is 0 Å². The van der Waals surface area contributed by atoms with Crippen LogP contribution in [0.2, 0.25) is 0 Å². The fourth-order valence-corrected chi connectivity index (χ4v) is 2.25. The van der Waals surface area contributed by atoms with Crippen LogP contribution in [0.1, 0.15) is 33.4 Å². The van der Waals surface area contributed by atoms with Crippen molar-refractivity contribution in [2.45, 2.75) is 34.1 Å². The van der Waals surface area contributed by atoms with Crippen molar-refractivity contribution in [2.75, 3.05) is 29.9 Å². The van der Waals surface area contributed by atoms with Crippen LogP contribution in [-0.2, 0) is 6.42 Å². The Morgan fingerprint density at radius 1 is 1.12 bits per heavy atom. The number of aryl methyl sites for hydroxylation is 1. The molecule has 0 saturated carbocycles. The van der Waals surface area contributed by atoms with E-state index in [4.69, 9.17) is 0 Å². The molecule has 5 heteroatoms. The third-order valence-corrected chi connectivity index (χ3v) is 3.47. The molecule has 1 aromatic heterocycles. The van der Waals surface area contributed by atoms with Crippen molar-refractivity contribution in [3.8, 4) is 0 Å². The molecule has 0 amide bonds. The Bertz CT molecular complexity index is 364. The van der Waals surface area contributed by atoms with Crippen LogP contribution in [0.5, 0.6) is 0 Å². The molecule has 1 N–H and O–H groups in total. The Hall–Kier alpha value is -0.840. The third-order valence-electron chi connectivity index (χ3n) is 2.63. The summed E-state index contributed by atoms with van der Waals surface area (Å²) in [6, 6.07) is 0. The molecule has 0 saturated heterocycles. The van der Waals surface area contributed by atoms with Crippen LogP contribution in [0.25, 0.3) is 0 Å². The van der Waals surface area contributed by atoms with Crippen molar-refractivity contribution in [3.05, 3.63) is 10.2 Å². The molecule has 0 aliphatic heterocycles. The molecule has 96 valence electrons. The van der Waals surface area contributed by atoms with Crippen molar-refractivity contribution in [1.29, 1.82) is 0 Å². The van der Waals surface area contributed by atoms with Gasteiger partial charge in [-0.05, 0) is 43.1 Å². The molecule has 0 atom stereocenters. The Morgan fingerprint density at radius 3 is 2.24 bits per heavy atom. The molecule has 0 radical (unpaired) electrons. The van der Waals surface area contributed by atoms with Gasteiger partial charge in [-0.3, -0.25) is 0 Å². The molecule has 0 spiro atoms. The topological polar surface area (TPSA) is 41.1 Å². The Balaban J connectivity index is 3.18. The molecular formula is C12H21BrN4. The average Bonchev–Trinajstić information content (AvgIpc) is 2.34. The summed E-state index contributed by atoms with van der Waals surface area (Å²) < 4.78 is 0.984. The van der Waals surface area contributed by atoms with E-state index in [9.17, 15) is 0 Å². The number of rotatable bonds is 6. The van der Waals surface area contributed by atoms with E-state index < -0.39 is 0 Å². The standard InChI is InChI=1S/C12H21BrN4/c1-5-9-10(13)11(14-6-2)16-12(15-9)17(7-3)8-4/h5-8H2,1-4H3,(H,14,15,16). The molecule has 17 heavy (non-hydrogen) atoms. The highest BCUT2D eigenvalue weighted by molar-refractivity contribution is 9.10. The Labute approximate surface area is 112 Å². The predicted molar refractivity (Wildman–Crippen MR) is 76.8 cm³/mol. The number of halogens is 1. The lowest BCUT2D eigenvalue weighted by Crippen LogP contribution is -2.25. The largest absolute Gasteiger partial charge is 0.369 e. The summed E-state index contributed by atoms with van der Waals surface area (Å²) in [6.45, 7) is 11.1. The highest BCUT2D eigenvalue weighted by Crippen LogP contribution is 2.26. The van der Waals surface area contributed by atoms with Crippen LogP contribution in [-0.4, -0.2) is 29.6 Å². The van der Waals surface area contributed by atoms with Gasteiger partial charge in [0.1, 0.15) is 5.82 Å². The first-order chi connectivity index (χ1) is 8.17. The van der Waals surface area contributed by atoms with E-state index in [2.05, 4.69) is 63.8 Å². The lowest BCUT2D eigenvalue weighted by Gasteiger charge is -2.21. The van der Waals surface area contributed by atoms with Gasteiger partial charge in [-0.25, -0.2) is 4.98 Å². The normalized spacial score (nSPS) is 10.4. The van der Waals surface area contributed by atoms with E-state index in [0.717, 1.165) is 48.0 Å². The van der Waals surface area contributed by atoms with Crippen LogP contribution < -0.4 is 10.2 Å². The van der Waals surface area contributed by atoms with Gasteiger partial charge in [0.15, 0.2) is 0 Å². The fraction of sp³-hybridized carbons (Fsp3) is 0.667. The molecule has 0 aromatic carbocycles. The summed E-state index contributed by atoms with van der Waals surface area (Å²) in [5, 5.41) is 3.27. The number of aromatic nitrogens is 2. The zero-order chi connectivity index (χ0) is 12.8. The maximum atomic E-state index is 4.60. The number of nitrogens with zero attached hydrogens (tertiary/aromatic N) is 3. The third kappa shape index (κ3) is 3.31. The van der Waals surface area contributed by atoms with Gasteiger partial charge in [-0.1, -0.05) is 6.92 Å². The zero-order valence-electron chi connectivity index (χ0n) is 11.0. The van der Waals surface area contributed by atoms with Crippen molar-refractivity contribution in [2.24, 2.45) is 0 Å². The monoisotopic (exact) mass is 300 g/mol. The van der Waals surface area contributed by atoms with Crippen LogP contribution in [0.3, 0.4) is 0 Å². The van der Waals surface area contributed by atoms with Crippen molar-refractivity contribution in [1.82, 2.24) is 9.97 Å². The van der Waals surface area contributed by atoms with E-state index in [1.807, 2.05) is 0 Å². The van der Waals surface area contributed by atoms with Gasteiger partial charge in [0, 0.05) is 19.6 Å². The summed E-state index contributed by atoms with van der Waals surface area (Å²) in [6.07, 6.45) is 0.899. The minimum atomic E-state index is 0.811. The number of hydrogen-bond acceptors (Lipinski definition) is 4. The maximum Gasteiger partial charge on any atom is 0.227 e. The summed E-state index contributed by atoms with van der Waals surface area (Å²) in [5.41, 5.74) is 1.05. The van der Waals surface area contributed by atoms with E-state index >= 15 is 0 Å². The summed E-state index contributed by atoms with van der Waals surface area (Å²) in [4.78, 5) is 11.3. The number of nitrogens with one attached hydrogen (secondary N) is 1. The second kappa shape index (κ2) is 6.79. The first-order valence-corrected chi connectivity index (χ1v) is 7.02. The maximum absolute atomic E-state index is 4.60. The molecular weight excluding hydrogens is 280 g/mol. The van der Waals surface area contributed by atoms with Crippen LogP contribution >= 0.6 is 15.9 Å². The molecule has 1 rings (SSSR count). The molecule has 0 bridgehead atoms. The second-order valence-corrected chi connectivity index (χ2v) is 4.48. The van der Waals surface area contributed by atoms with Crippen LogP contribution in [0.15, 0.2) is 4.47 Å². The lowest BCUT2D eigenvalue weighted by atomic mass is 10.3. The van der Waals surface area contributed by atoms with Gasteiger partial charge in [-0.15, -0.1) is 0 Å². The quantitative estimate of drug-likeness (QED) is 0.876. The molecule has 0 unspecified atom stereocenters. The SMILES string of the molecule is CCNc1nc(N(CC)CC)nc(CC)c1Br. The number of anilines is 2. The molecule has 0 aliphatic carbocycles. The first kappa shape index (κ1) is 14.2. The molecule has 1 aromatic rings. The fourth-order valence-electron chi connectivity index (χ4n) is 1.65. The molecule has 0 fully saturated rings. The van der Waals surface area contributed by atoms with E-state index in [1.165, 1.54) is 0 Å². The van der Waals surface area contributed by atoms with Crippen molar-refractivity contribution in [3.63, 3.8) is 0 Å². The smallest absolute Gasteiger partial charge is 0.227 e. The lowest BCUT2D eigenvalue weighted by molar-refractivity contribution is 0.808. The highest BCUT2D eigenvalue weighted by atomic mass is 79.9. The predicted octanol–water partition coefficient (Wildman–Crippen LogP) is 3.08. The van der Waals surface area contributed by atoms with Gasteiger partial charge in [0.05, 0.1) is 10.2 Å². The van der Waals surface area contributed by atoms with E-state index in [1.54, 1.807) is 0 Å². The highest BCUT2D eigenvalue weighted by Gasteiger charge is 2.13. The van der Waals surface area contributed by atoms with Crippen molar-refractivity contribution < 1.29 is 0 Å². The van der Waals surface area contributed by atoms with Crippen LogP contribution in [0, 0.1) is 0 Å². The zero-order valence-corrected chi connectivity index (χ0v) is 12.6. The average molecular weight is 301 g/mol. The minimum Gasteiger partial charge on any atom is -0.369 e. The first-order valence-electron chi connectivity index (χ1n) is 6.23. The van der Waals surface area contributed by atoms with Gasteiger partial charge >= 0.3 is 0 Å². The number of hydrogen-bond donors (Lipinski definition) is 1. The van der Waals surface area contributed by atoms with Crippen molar-refractivity contribution >= 4 is 27.7 Å². The van der Waals surface area contributed by atoms with E-state index in [0.29, 0.717) is 0 Å². The second-order valence-electron chi connectivity index (χ2n) is 3.69. The molecule has 0 aliphatic rings. The summed E-state index contributed by atoms with van der Waals surface area (Å²) in [7, 11) is 0. The summed E-state index contributed by atoms with van der Waals surface area (Å²) >= 11 is 3.56. The Morgan fingerprint density at radius 2 is 1.76 bits per heavy atom. The van der Waals surface area contributed by atoms with Crippen LogP contribution in [0.4, 0.5) is 11.8 Å². The van der Waals surface area contributed by atoms with Gasteiger partial charge in [0.2, 0.25) is 5.95 Å². The Kier molecular flexibility index (Phi) is 5.68.